The summed E-state index contributed by atoms with van der Waals surface area (Å²) in [6.07, 6.45) is 3.18. The molecule has 0 spiro atoms. The molecule has 0 aliphatic heterocycles. The highest BCUT2D eigenvalue weighted by Gasteiger charge is 2.30. The summed E-state index contributed by atoms with van der Waals surface area (Å²) in [5, 5.41) is 13.7. The molecule has 8 heteroatoms. The first-order valence-corrected chi connectivity index (χ1v) is 12.4. The third kappa shape index (κ3) is 5.11. The number of ether oxygens (including phenoxy) is 1. The molecule has 5 rings (SSSR count). The van der Waals surface area contributed by atoms with Gasteiger partial charge in [-0.25, -0.2) is 4.98 Å². The van der Waals surface area contributed by atoms with E-state index >= 15 is 0 Å². The van der Waals surface area contributed by atoms with Crippen molar-refractivity contribution in [3.8, 4) is 5.75 Å². The standard InChI is InChI=1S/C23H21ClN4OS2/c24-19-8-4-5-9-20(19)29-13-21-26-27-23(28(21)18-10-11-18)31-15-17-14-30-22(25-17)12-16-6-2-1-3-7-16/h1-9,14,18H,10-13,15H2. The molecule has 1 saturated carbocycles. The van der Waals surface area contributed by atoms with E-state index in [0.29, 0.717) is 23.4 Å². The Kier molecular flexibility index (Phi) is 6.25. The molecule has 2 aromatic carbocycles. The van der Waals surface area contributed by atoms with Gasteiger partial charge in [-0.05, 0) is 30.5 Å². The molecular weight excluding hydrogens is 448 g/mol. The van der Waals surface area contributed by atoms with E-state index in [1.54, 1.807) is 23.1 Å². The highest BCUT2D eigenvalue weighted by Crippen LogP contribution is 2.39. The number of hydrogen-bond donors (Lipinski definition) is 0. The monoisotopic (exact) mass is 468 g/mol. The molecule has 31 heavy (non-hydrogen) atoms. The van der Waals surface area contributed by atoms with Crippen LogP contribution in [0.4, 0.5) is 0 Å². The van der Waals surface area contributed by atoms with Crippen LogP contribution in [0.5, 0.6) is 5.75 Å². The second-order valence-corrected chi connectivity index (χ2v) is 9.70. The highest BCUT2D eigenvalue weighted by atomic mass is 35.5. The molecule has 1 fully saturated rings. The summed E-state index contributed by atoms with van der Waals surface area (Å²) in [6, 6.07) is 18.4. The first kappa shape index (κ1) is 20.5. The van der Waals surface area contributed by atoms with E-state index in [4.69, 9.17) is 21.3 Å². The minimum atomic E-state index is 0.353. The summed E-state index contributed by atoms with van der Waals surface area (Å²) in [7, 11) is 0. The van der Waals surface area contributed by atoms with Crippen LogP contribution in [0.1, 0.15) is 41.0 Å². The van der Waals surface area contributed by atoms with Crippen molar-refractivity contribution in [3.05, 3.63) is 87.1 Å². The quantitative estimate of drug-likeness (QED) is 0.274. The average molecular weight is 469 g/mol. The lowest BCUT2D eigenvalue weighted by molar-refractivity contribution is 0.288. The summed E-state index contributed by atoms with van der Waals surface area (Å²) < 4.78 is 8.12. The van der Waals surface area contributed by atoms with Crippen molar-refractivity contribution < 1.29 is 4.74 Å². The van der Waals surface area contributed by atoms with Crippen molar-refractivity contribution in [1.29, 1.82) is 0 Å². The number of halogens is 1. The van der Waals surface area contributed by atoms with Gasteiger partial charge in [-0.1, -0.05) is 65.8 Å². The van der Waals surface area contributed by atoms with Gasteiger partial charge in [-0.2, -0.15) is 0 Å². The predicted octanol–water partition coefficient (Wildman–Crippen LogP) is 6.19. The van der Waals surface area contributed by atoms with Crippen LogP contribution in [-0.4, -0.2) is 19.7 Å². The van der Waals surface area contributed by atoms with E-state index < -0.39 is 0 Å². The molecule has 0 N–H and O–H groups in total. The van der Waals surface area contributed by atoms with Crippen LogP contribution in [0.2, 0.25) is 5.02 Å². The summed E-state index contributed by atoms with van der Waals surface area (Å²) in [4.78, 5) is 4.80. The highest BCUT2D eigenvalue weighted by molar-refractivity contribution is 7.98. The van der Waals surface area contributed by atoms with Gasteiger partial charge < -0.3 is 4.74 Å². The molecule has 5 nitrogen and oxygen atoms in total. The molecule has 2 aromatic heterocycles. The molecule has 0 atom stereocenters. The van der Waals surface area contributed by atoms with E-state index in [-0.39, 0.29) is 0 Å². The molecule has 0 amide bonds. The van der Waals surface area contributed by atoms with Gasteiger partial charge in [0, 0.05) is 23.6 Å². The Bertz CT molecular complexity index is 1160. The smallest absolute Gasteiger partial charge is 0.191 e. The topological polar surface area (TPSA) is 52.8 Å². The fourth-order valence-corrected chi connectivity index (χ4v) is 5.35. The molecule has 0 bridgehead atoms. The lowest BCUT2D eigenvalue weighted by atomic mass is 10.2. The van der Waals surface area contributed by atoms with Gasteiger partial charge in [0.15, 0.2) is 11.0 Å². The summed E-state index contributed by atoms with van der Waals surface area (Å²) in [5.74, 6) is 2.28. The lowest BCUT2D eigenvalue weighted by Crippen LogP contribution is -2.07. The summed E-state index contributed by atoms with van der Waals surface area (Å²) in [6.45, 7) is 0.353. The summed E-state index contributed by atoms with van der Waals surface area (Å²) in [5.41, 5.74) is 2.37. The fraction of sp³-hybridized carbons (Fsp3) is 0.261. The zero-order valence-electron chi connectivity index (χ0n) is 16.8. The Morgan fingerprint density at radius 2 is 1.87 bits per heavy atom. The molecule has 1 aliphatic rings. The van der Waals surface area contributed by atoms with Crippen LogP contribution < -0.4 is 4.74 Å². The van der Waals surface area contributed by atoms with E-state index in [2.05, 4.69) is 44.4 Å². The van der Waals surface area contributed by atoms with Crippen LogP contribution in [-0.2, 0) is 18.8 Å². The number of rotatable bonds is 9. The van der Waals surface area contributed by atoms with Gasteiger partial charge in [-0.3, -0.25) is 4.57 Å². The van der Waals surface area contributed by atoms with Crippen molar-refractivity contribution >= 4 is 34.7 Å². The largest absolute Gasteiger partial charge is 0.484 e. The van der Waals surface area contributed by atoms with Crippen molar-refractivity contribution in [2.75, 3.05) is 0 Å². The van der Waals surface area contributed by atoms with Crippen molar-refractivity contribution in [2.45, 2.75) is 42.8 Å². The SMILES string of the molecule is Clc1ccccc1OCc1nnc(SCc2csc(Cc3ccccc3)n2)n1C1CC1. The van der Waals surface area contributed by atoms with Crippen molar-refractivity contribution in [1.82, 2.24) is 19.7 Å². The van der Waals surface area contributed by atoms with E-state index in [1.807, 2.05) is 30.3 Å². The number of hydrogen-bond acceptors (Lipinski definition) is 6. The van der Waals surface area contributed by atoms with Crippen LogP contribution in [0, 0.1) is 0 Å². The Labute approximate surface area is 194 Å². The van der Waals surface area contributed by atoms with Crippen LogP contribution in [0.15, 0.2) is 65.1 Å². The van der Waals surface area contributed by atoms with Gasteiger partial charge in [-0.15, -0.1) is 21.5 Å². The Hall–Kier alpha value is -2.35. The second-order valence-electron chi connectivity index (χ2n) is 7.40. The first-order valence-electron chi connectivity index (χ1n) is 10.2. The lowest BCUT2D eigenvalue weighted by Gasteiger charge is -2.10. The third-order valence-corrected chi connectivity index (χ3v) is 7.17. The van der Waals surface area contributed by atoms with E-state index in [9.17, 15) is 0 Å². The minimum Gasteiger partial charge on any atom is -0.484 e. The predicted molar refractivity (Wildman–Crippen MR) is 125 cm³/mol. The zero-order chi connectivity index (χ0) is 21.0. The molecular formula is C23H21ClN4OS2. The molecule has 0 unspecified atom stereocenters. The maximum Gasteiger partial charge on any atom is 0.191 e. The van der Waals surface area contributed by atoms with Crippen molar-refractivity contribution in [2.24, 2.45) is 0 Å². The number of nitrogens with zero attached hydrogens (tertiary/aromatic N) is 4. The van der Waals surface area contributed by atoms with E-state index in [0.717, 1.165) is 46.7 Å². The second kappa shape index (κ2) is 9.42. The number of para-hydroxylation sites is 1. The maximum atomic E-state index is 6.20. The number of benzene rings is 2. The Morgan fingerprint density at radius 1 is 1.06 bits per heavy atom. The molecule has 1 aliphatic carbocycles. The fourth-order valence-electron chi connectivity index (χ4n) is 3.31. The average Bonchev–Trinajstić information content (AvgIpc) is 3.39. The van der Waals surface area contributed by atoms with Gasteiger partial charge in [0.1, 0.15) is 12.4 Å². The van der Waals surface area contributed by atoms with Gasteiger partial charge in [0.2, 0.25) is 0 Å². The molecule has 0 saturated heterocycles. The van der Waals surface area contributed by atoms with Crippen LogP contribution >= 0.6 is 34.7 Å². The Balaban J connectivity index is 1.23. The van der Waals surface area contributed by atoms with E-state index in [1.165, 1.54) is 5.56 Å². The first-order chi connectivity index (χ1) is 15.3. The number of thiazole rings is 1. The van der Waals surface area contributed by atoms with Crippen LogP contribution in [0.3, 0.4) is 0 Å². The number of thioether (sulfide) groups is 1. The molecule has 0 radical (unpaired) electrons. The van der Waals surface area contributed by atoms with Gasteiger partial charge >= 0.3 is 0 Å². The molecule has 4 aromatic rings. The van der Waals surface area contributed by atoms with Gasteiger partial charge in [0.25, 0.3) is 0 Å². The maximum absolute atomic E-state index is 6.20. The minimum absolute atomic E-state index is 0.353. The van der Waals surface area contributed by atoms with Crippen LogP contribution in [0.25, 0.3) is 0 Å². The third-order valence-electron chi connectivity index (χ3n) is 4.99. The van der Waals surface area contributed by atoms with Gasteiger partial charge in [0.05, 0.1) is 15.7 Å². The summed E-state index contributed by atoms with van der Waals surface area (Å²) >= 11 is 9.60. The van der Waals surface area contributed by atoms with Crippen molar-refractivity contribution in [3.63, 3.8) is 0 Å². The molecule has 2 heterocycles. The Morgan fingerprint density at radius 3 is 2.68 bits per heavy atom. The zero-order valence-corrected chi connectivity index (χ0v) is 19.2. The molecule has 158 valence electrons. The number of aromatic nitrogens is 4. The normalized spacial score (nSPS) is 13.5.